The van der Waals surface area contributed by atoms with Crippen LogP contribution in [-0.4, -0.2) is 68.9 Å². The van der Waals surface area contributed by atoms with E-state index in [-0.39, 0.29) is 79.0 Å². The molecule has 0 aromatic heterocycles. The van der Waals surface area contributed by atoms with Gasteiger partial charge in [0.25, 0.3) is 0 Å². The quantitative estimate of drug-likeness (QED) is 0.239. The first kappa shape index (κ1) is 31.0. The van der Waals surface area contributed by atoms with E-state index >= 15 is 0 Å². The second kappa shape index (κ2) is 12.1. The van der Waals surface area contributed by atoms with Crippen molar-refractivity contribution in [3.63, 3.8) is 0 Å². The van der Waals surface area contributed by atoms with Gasteiger partial charge in [0, 0.05) is 57.8 Å². The average Bonchev–Trinajstić information content (AvgIpc) is 3.56. The van der Waals surface area contributed by atoms with Crippen molar-refractivity contribution in [2.75, 3.05) is 43.9 Å². The number of carbonyl (C=O) groups excluding carboxylic acids is 4. The topological polar surface area (TPSA) is 170 Å². The standard InChI is InChI=1S/C28H16N2O4.C7H16N2O2S/c29-19-11-9-13(21-23(19)27(33)17-7-3-1-5-15(17)25(21)31)14-10-12-20(30)24-22(14)26(32)16-6-2-4-8-18(16)28(24)34;1-12(10,11)8-4-7-9-5-2-3-6-9/h1-12H,29-30H2;8H,2-7H2,1H3. The Balaban J connectivity index is 0.000000262. The minimum Gasteiger partial charge on any atom is -0.398 e. The monoisotopic (exact) mass is 636 g/mol. The van der Waals surface area contributed by atoms with Crippen molar-refractivity contribution in [3.05, 3.63) is 117 Å². The molecular formula is C35H32N4O6S. The lowest BCUT2D eigenvalue weighted by Crippen LogP contribution is -2.32. The minimum absolute atomic E-state index is 0.0989. The molecule has 1 heterocycles. The maximum Gasteiger partial charge on any atom is 0.208 e. The molecule has 1 fully saturated rings. The number of ketones is 4. The number of carbonyl (C=O) groups is 4. The second-order valence-electron chi connectivity index (χ2n) is 11.5. The van der Waals surface area contributed by atoms with Crippen LogP contribution in [0.1, 0.15) is 76.5 Å². The number of anilines is 2. The Morgan fingerprint density at radius 2 is 0.957 bits per heavy atom. The molecule has 1 aliphatic heterocycles. The van der Waals surface area contributed by atoms with Crippen molar-refractivity contribution in [1.29, 1.82) is 0 Å². The summed E-state index contributed by atoms with van der Waals surface area (Å²) >= 11 is 0. The number of hydrogen-bond acceptors (Lipinski definition) is 9. The molecule has 7 rings (SSSR count). The molecule has 1 saturated heterocycles. The molecule has 10 nitrogen and oxygen atoms in total. The Labute approximate surface area is 266 Å². The number of nitrogens with one attached hydrogen (secondary N) is 1. The van der Waals surface area contributed by atoms with Gasteiger partial charge in [0.1, 0.15) is 0 Å². The third-order valence-electron chi connectivity index (χ3n) is 8.50. The number of likely N-dealkylation sites (tertiary alicyclic amines) is 1. The fourth-order valence-electron chi connectivity index (χ4n) is 6.34. The molecular weight excluding hydrogens is 604 g/mol. The van der Waals surface area contributed by atoms with Crippen molar-refractivity contribution < 1.29 is 27.6 Å². The van der Waals surface area contributed by atoms with Gasteiger partial charge in [-0.15, -0.1) is 0 Å². The highest BCUT2D eigenvalue weighted by Gasteiger charge is 2.37. The van der Waals surface area contributed by atoms with E-state index in [4.69, 9.17) is 11.5 Å². The van der Waals surface area contributed by atoms with Crippen LogP contribution < -0.4 is 16.2 Å². The maximum atomic E-state index is 13.6. The summed E-state index contributed by atoms with van der Waals surface area (Å²) < 4.78 is 23.8. The number of benzene rings is 4. The first-order chi connectivity index (χ1) is 22.0. The van der Waals surface area contributed by atoms with E-state index in [2.05, 4.69) is 9.62 Å². The number of nitrogens with zero attached hydrogens (tertiary/aromatic N) is 1. The molecule has 234 valence electrons. The van der Waals surface area contributed by atoms with E-state index in [9.17, 15) is 27.6 Å². The van der Waals surface area contributed by atoms with Gasteiger partial charge >= 0.3 is 0 Å². The van der Waals surface area contributed by atoms with Gasteiger partial charge in [-0.3, -0.25) is 19.2 Å². The van der Waals surface area contributed by atoms with Crippen molar-refractivity contribution in [2.45, 2.75) is 12.8 Å². The summed E-state index contributed by atoms with van der Waals surface area (Å²) in [6.45, 7) is 3.61. The van der Waals surface area contributed by atoms with Gasteiger partial charge in [0.05, 0.1) is 17.4 Å². The van der Waals surface area contributed by atoms with Crippen molar-refractivity contribution in [3.8, 4) is 11.1 Å². The molecule has 11 heteroatoms. The highest BCUT2D eigenvalue weighted by molar-refractivity contribution is 7.88. The van der Waals surface area contributed by atoms with E-state index in [1.807, 2.05) is 0 Å². The van der Waals surface area contributed by atoms with Crippen LogP contribution in [0.5, 0.6) is 0 Å². The first-order valence-electron chi connectivity index (χ1n) is 14.9. The summed E-state index contributed by atoms with van der Waals surface area (Å²) in [6.07, 6.45) is 3.69. The molecule has 5 N–H and O–H groups in total. The van der Waals surface area contributed by atoms with Gasteiger partial charge < -0.3 is 16.4 Å². The van der Waals surface area contributed by atoms with E-state index in [0.29, 0.717) is 17.7 Å². The zero-order chi connectivity index (χ0) is 32.7. The number of sulfonamides is 1. The van der Waals surface area contributed by atoms with Crippen LogP contribution in [0.15, 0.2) is 72.8 Å². The van der Waals surface area contributed by atoms with E-state index < -0.39 is 10.0 Å². The molecule has 0 atom stereocenters. The highest BCUT2D eigenvalue weighted by Crippen LogP contribution is 2.42. The summed E-state index contributed by atoms with van der Waals surface area (Å²) in [6, 6.07) is 19.4. The summed E-state index contributed by atoms with van der Waals surface area (Å²) in [5.41, 5.74) is 14.9. The van der Waals surface area contributed by atoms with Crippen molar-refractivity contribution in [2.24, 2.45) is 0 Å². The zero-order valence-electron chi connectivity index (χ0n) is 25.1. The van der Waals surface area contributed by atoms with Crippen LogP contribution >= 0.6 is 0 Å². The van der Waals surface area contributed by atoms with Gasteiger partial charge in [-0.2, -0.15) is 0 Å². The molecule has 0 radical (unpaired) electrons. The molecule has 0 bridgehead atoms. The number of hydrogen-bond donors (Lipinski definition) is 3. The minimum atomic E-state index is -2.99. The van der Waals surface area contributed by atoms with Gasteiger partial charge in [-0.05, 0) is 49.2 Å². The van der Waals surface area contributed by atoms with Gasteiger partial charge in [-0.25, -0.2) is 13.1 Å². The Morgan fingerprint density at radius 3 is 1.33 bits per heavy atom. The van der Waals surface area contributed by atoms with E-state index in [0.717, 1.165) is 19.6 Å². The Kier molecular flexibility index (Phi) is 8.15. The van der Waals surface area contributed by atoms with Gasteiger partial charge in [-0.1, -0.05) is 60.7 Å². The van der Waals surface area contributed by atoms with Crippen LogP contribution in [-0.2, 0) is 10.0 Å². The smallest absolute Gasteiger partial charge is 0.208 e. The fourth-order valence-corrected chi connectivity index (χ4v) is 6.80. The van der Waals surface area contributed by atoms with Crippen LogP contribution in [0.3, 0.4) is 0 Å². The van der Waals surface area contributed by atoms with Gasteiger partial charge in [0.15, 0.2) is 23.1 Å². The predicted molar refractivity (Wildman–Crippen MR) is 176 cm³/mol. The lowest BCUT2D eigenvalue weighted by Gasteiger charge is -2.25. The average molecular weight is 637 g/mol. The molecule has 4 aromatic carbocycles. The van der Waals surface area contributed by atoms with Gasteiger partial charge in [0.2, 0.25) is 10.0 Å². The lowest BCUT2D eigenvalue weighted by atomic mass is 9.76. The van der Waals surface area contributed by atoms with Crippen LogP contribution in [0.2, 0.25) is 0 Å². The third-order valence-corrected chi connectivity index (χ3v) is 9.23. The molecule has 0 amide bonds. The lowest BCUT2D eigenvalue weighted by molar-refractivity contribution is 0.0978. The summed E-state index contributed by atoms with van der Waals surface area (Å²) in [5.74, 6) is -1.45. The highest BCUT2D eigenvalue weighted by atomic mass is 32.2. The fraction of sp³-hybridized carbons (Fsp3) is 0.200. The Morgan fingerprint density at radius 1 is 0.587 bits per heavy atom. The molecule has 3 aliphatic rings. The molecule has 46 heavy (non-hydrogen) atoms. The molecule has 0 spiro atoms. The molecule has 2 aliphatic carbocycles. The number of nitrogen functional groups attached to an aromatic ring is 2. The first-order valence-corrected chi connectivity index (χ1v) is 16.8. The maximum absolute atomic E-state index is 13.6. The third kappa shape index (κ3) is 5.53. The number of rotatable bonds is 5. The Bertz CT molecular complexity index is 1940. The summed E-state index contributed by atoms with van der Waals surface area (Å²) in [5, 5.41) is 0. The van der Waals surface area contributed by atoms with Crippen LogP contribution in [0, 0.1) is 0 Å². The number of nitrogens with two attached hydrogens (primary N) is 2. The summed E-state index contributed by atoms with van der Waals surface area (Å²) in [4.78, 5) is 56.1. The van der Waals surface area contributed by atoms with Crippen LogP contribution in [0.25, 0.3) is 11.1 Å². The predicted octanol–water partition coefficient (Wildman–Crippen LogP) is 3.70. The van der Waals surface area contributed by atoms with Crippen molar-refractivity contribution >= 4 is 44.5 Å². The van der Waals surface area contributed by atoms with E-state index in [1.165, 1.54) is 19.1 Å². The Hall–Kier alpha value is -4.97. The molecule has 0 saturated carbocycles. The van der Waals surface area contributed by atoms with E-state index in [1.54, 1.807) is 72.8 Å². The second-order valence-corrected chi connectivity index (χ2v) is 13.4. The zero-order valence-corrected chi connectivity index (χ0v) is 25.9. The largest absolute Gasteiger partial charge is 0.398 e. The van der Waals surface area contributed by atoms with Crippen molar-refractivity contribution in [1.82, 2.24) is 9.62 Å². The van der Waals surface area contributed by atoms with Crippen LogP contribution in [0.4, 0.5) is 11.4 Å². The SMILES string of the molecule is CS(=O)(=O)NCCN1CCCC1.Nc1ccc(-c2ccc(N)c3c2C(=O)c2ccccc2C3=O)c2c1C(=O)c1ccccc1C2=O. The summed E-state index contributed by atoms with van der Waals surface area (Å²) in [7, 11) is -2.99. The normalized spacial score (nSPS) is 15.4. The number of fused-ring (bicyclic) bond motifs is 4. The molecule has 0 unspecified atom stereocenters. The molecule has 4 aromatic rings.